The van der Waals surface area contributed by atoms with Crippen molar-refractivity contribution < 1.29 is 14.3 Å². The zero-order valence-corrected chi connectivity index (χ0v) is 14.9. The van der Waals surface area contributed by atoms with Gasteiger partial charge in [-0.3, -0.25) is 4.79 Å². The summed E-state index contributed by atoms with van der Waals surface area (Å²) in [6.45, 7) is 7.41. The number of benzene rings is 1. The first kappa shape index (κ1) is 19.3. The molecule has 0 aliphatic carbocycles. The van der Waals surface area contributed by atoms with Crippen molar-refractivity contribution in [3.8, 4) is 11.5 Å². The van der Waals surface area contributed by atoms with E-state index in [0.717, 1.165) is 18.9 Å². The minimum atomic E-state index is -0.0413. The molecule has 1 atom stereocenters. The van der Waals surface area contributed by atoms with Crippen molar-refractivity contribution in [3.05, 3.63) is 18.2 Å². The number of anilines is 1. The fourth-order valence-electron chi connectivity index (χ4n) is 2.32. The lowest BCUT2D eigenvalue weighted by molar-refractivity contribution is -0.116. The van der Waals surface area contributed by atoms with Gasteiger partial charge in [-0.25, -0.2) is 0 Å². The lowest BCUT2D eigenvalue weighted by atomic mass is 10.1. The SMILES string of the molecule is COc1ccc(OC)c(NC(=O)CC(C)NCCCC(C)C)c1. The van der Waals surface area contributed by atoms with Gasteiger partial charge >= 0.3 is 0 Å². The summed E-state index contributed by atoms with van der Waals surface area (Å²) in [7, 11) is 3.17. The first-order valence-corrected chi connectivity index (χ1v) is 8.21. The molecule has 1 rings (SSSR count). The maximum atomic E-state index is 12.2. The van der Waals surface area contributed by atoms with E-state index in [4.69, 9.17) is 9.47 Å². The maximum absolute atomic E-state index is 12.2. The van der Waals surface area contributed by atoms with Crippen LogP contribution in [0.4, 0.5) is 5.69 Å². The van der Waals surface area contributed by atoms with E-state index in [-0.39, 0.29) is 11.9 Å². The minimum Gasteiger partial charge on any atom is -0.497 e. The Balaban J connectivity index is 2.46. The molecule has 0 spiro atoms. The van der Waals surface area contributed by atoms with E-state index in [2.05, 4.69) is 24.5 Å². The van der Waals surface area contributed by atoms with Crippen molar-refractivity contribution in [1.82, 2.24) is 5.32 Å². The van der Waals surface area contributed by atoms with Crippen molar-refractivity contribution in [2.45, 2.75) is 46.1 Å². The van der Waals surface area contributed by atoms with Crippen LogP contribution in [0.3, 0.4) is 0 Å². The van der Waals surface area contributed by atoms with Gasteiger partial charge in [-0.15, -0.1) is 0 Å². The highest BCUT2D eigenvalue weighted by Crippen LogP contribution is 2.28. The zero-order chi connectivity index (χ0) is 17.2. The highest BCUT2D eigenvalue weighted by molar-refractivity contribution is 5.92. The summed E-state index contributed by atoms with van der Waals surface area (Å²) in [5, 5.41) is 6.28. The van der Waals surface area contributed by atoms with Crippen LogP contribution in [0.2, 0.25) is 0 Å². The molecule has 0 fully saturated rings. The van der Waals surface area contributed by atoms with Gasteiger partial charge in [-0.2, -0.15) is 0 Å². The molecular weight excluding hydrogens is 292 g/mol. The Morgan fingerprint density at radius 3 is 2.52 bits per heavy atom. The molecule has 0 saturated heterocycles. The fourth-order valence-corrected chi connectivity index (χ4v) is 2.32. The first-order chi connectivity index (χ1) is 11.0. The third-order valence-electron chi connectivity index (χ3n) is 3.62. The summed E-state index contributed by atoms with van der Waals surface area (Å²) >= 11 is 0. The van der Waals surface area contributed by atoms with E-state index in [1.807, 2.05) is 6.92 Å². The summed E-state index contributed by atoms with van der Waals surface area (Å²) in [4.78, 5) is 12.2. The molecule has 0 radical (unpaired) electrons. The van der Waals surface area contributed by atoms with Gasteiger partial charge in [0.05, 0.1) is 19.9 Å². The molecule has 1 aromatic carbocycles. The molecule has 1 amide bonds. The average molecular weight is 322 g/mol. The molecule has 5 heteroatoms. The van der Waals surface area contributed by atoms with Crippen molar-refractivity contribution in [3.63, 3.8) is 0 Å². The fraction of sp³-hybridized carbons (Fsp3) is 0.611. The summed E-state index contributed by atoms with van der Waals surface area (Å²) in [6.07, 6.45) is 2.75. The number of methoxy groups -OCH3 is 2. The van der Waals surface area contributed by atoms with Crippen LogP contribution in [0.25, 0.3) is 0 Å². The Bertz CT molecular complexity index is 489. The van der Waals surface area contributed by atoms with Crippen molar-refractivity contribution in [2.24, 2.45) is 5.92 Å². The summed E-state index contributed by atoms with van der Waals surface area (Å²) in [6, 6.07) is 5.48. The second kappa shape index (κ2) is 10.1. The number of carbonyl (C=O) groups excluding carboxylic acids is 1. The van der Waals surface area contributed by atoms with Gasteiger partial charge < -0.3 is 20.1 Å². The number of carbonyl (C=O) groups is 1. The van der Waals surface area contributed by atoms with Crippen molar-refractivity contribution in [1.29, 1.82) is 0 Å². The summed E-state index contributed by atoms with van der Waals surface area (Å²) in [5.41, 5.74) is 0.629. The molecule has 1 aromatic rings. The van der Waals surface area contributed by atoms with Gasteiger partial charge in [-0.05, 0) is 44.4 Å². The van der Waals surface area contributed by atoms with E-state index in [9.17, 15) is 4.79 Å². The van der Waals surface area contributed by atoms with E-state index >= 15 is 0 Å². The predicted octanol–water partition coefficient (Wildman–Crippen LogP) is 3.45. The molecule has 0 saturated carbocycles. The first-order valence-electron chi connectivity index (χ1n) is 8.21. The lowest BCUT2D eigenvalue weighted by Gasteiger charge is -2.16. The number of amides is 1. The smallest absolute Gasteiger partial charge is 0.226 e. The highest BCUT2D eigenvalue weighted by atomic mass is 16.5. The second-order valence-corrected chi connectivity index (χ2v) is 6.21. The monoisotopic (exact) mass is 322 g/mol. The maximum Gasteiger partial charge on any atom is 0.226 e. The molecule has 130 valence electrons. The Morgan fingerprint density at radius 2 is 1.91 bits per heavy atom. The van der Waals surface area contributed by atoms with Crippen LogP contribution < -0.4 is 20.1 Å². The molecule has 5 nitrogen and oxygen atoms in total. The average Bonchev–Trinajstić information content (AvgIpc) is 2.51. The molecule has 1 unspecified atom stereocenters. The van der Waals surface area contributed by atoms with Crippen LogP contribution in [0.15, 0.2) is 18.2 Å². The van der Waals surface area contributed by atoms with Crippen LogP contribution in [0, 0.1) is 5.92 Å². The normalized spacial score (nSPS) is 12.1. The minimum absolute atomic E-state index is 0.0413. The molecule has 0 aromatic heterocycles. The van der Waals surface area contributed by atoms with E-state index in [1.54, 1.807) is 32.4 Å². The van der Waals surface area contributed by atoms with E-state index in [0.29, 0.717) is 23.6 Å². The van der Waals surface area contributed by atoms with Gasteiger partial charge in [0.25, 0.3) is 0 Å². The Labute approximate surface area is 139 Å². The zero-order valence-electron chi connectivity index (χ0n) is 14.9. The molecule has 0 bridgehead atoms. The lowest BCUT2D eigenvalue weighted by Crippen LogP contribution is -2.31. The van der Waals surface area contributed by atoms with Gasteiger partial charge in [0, 0.05) is 18.5 Å². The van der Waals surface area contributed by atoms with Gasteiger partial charge in [0.2, 0.25) is 5.91 Å². The van der Waals surface area contributed by atoms with Gasteiger partial charge in [0.1, 0.15) is 11.5 Å². The van der Waals surface area contributed by atoms with Crippen molar-refractivity contribution >= 4 is 11.6 Å². The Hall–Kier alpha value is -1.75. The number of hydrogen-bond donors (Lipinski definition) is 2. The Morgan fingerprint density at radius 1 is 1.17 bits per heavy atom. The third-order valence-corrected chi connectivity index (χ3v) is 3.62. The van der Waals surface area contributed by atoms with Crippen molar-refractivity contribution in [2.75, 3.05) is 26.1 Å². The summed E-state index contributed by atoms with van der Waals surface area (Å²) in [5.74, 6) is 1.98. The number of rotatable bonds is 10. The van der Waals surface area contributed by atoms with Crippen LogP contribution in [-0.2, 0) is 4.79 Å². The molecular formula is C18H30N2O3. The number of hydrogen-bond acceptors (Lipinski definition) is 4. The second-order valence-electron chi connectivity index (χ2n) is 6.21. The standard InChI is InChI=1S/C18H30N2O3/c1-13(2)7-6-10-19-14(3)11-18(21)20-16-12-15(22-4)8-9-17(16)23-5/h8-9,12-14,19H,6-7,10-11H2,1-5H3,(H,20,21). The predicted molar refractivity (Wildman–Crippen MR) is 94.3 cm³/mol. The van der Waals surface area contributed by atoms with Crippen LogP contribution in [-0.4, -0.2) is 32.7 Å². The van der Waals surface area contributed by atoms with Crippen LogP contribution in [0.5, 0.6) is 11.5 Å². The van der Waals surface area contributed by atoms with Gasteiger partial charge in [0.15, 0.2) is 0 Å². The highest BCUT2D eigenvalue weighted by Gasteiger charge is 2.12. The van der Waals surface area contributed by atoms with E-state index in [1.165, 1.54) is 6.42 Å². The summed E-state index contributed by atoms with van der Waals surface area (Å²) < 4.78 is 10.4. The topological polar surface area (TPSA) is 59.6 Å². The van der Waals surface area contributed by atoms with Crippen LogP contribution >= 0.6 is 0 Å². The molecule has 23 heavy (non-hydrogen) atoms. The van der Waals surface area contributed by atoms with E-state index < -0.39 is 0 Å². The Kier molecular flexibility index (Phi) is 8.48. The number of nitrogens with one attached hydrogen (secondary N) is 2. The quantitative estimate of drug-likeness (QED) is 0.648. The molecule has 0 aliphatic rings. The molecule has 2 N–H and O–H groups in total. The molecule has 0 heterocycles. The largest absolute Gasteiger partial charge is 0.497 e. The van der Waals surface area contributed by atoms with Gasteiger partial charge in [-0.1, -0.05) is 13.8 Å². The third kappa shape index (κ3) is 7.37. The van der Waals surface area contributed by atoms with Crippen LogP contribution in [0.1, 0.15) is 40.0 Å². The molecule has 0 aliphatic heterocycles. The number of ether oxygens (including phenoxy) is 2.